The van der Waals surface area contributed by atoms with Gasteiger partial charge in [0.05, 0.1) is 0 Å². The number of hydrogen-bond acceptors (Lipinski definition) is 1. The molecule has 0 aliphatic carbocycles. The molecule has 0 fully saturated rings. The van der Waals surface area contributed by atoms with Gasteiger partial charge in [-0.3, -0.25) is 4.79 Å². The second kappa shape index (κ2) is 8.50. The molecule has 0 saturated heterocycles. The van der Waals surface area contributed by atoms with Gasteiger partial charge in [-0.2, -0.15) is 0 Å². The Morgan fingerprint density at radius 2 is 1.76 bits per heavy atom. The molecule has 3 heteroatoms. The van der Waals surface area contributed by atoms with E-state index in [9.17, 15) is 4.79 Å². The lowest BCUT2D eigenvalue weighted by Crippen LogP contribution is -2.24. The van der Waals surface area contributed by atoms with Gasteiger partial charge in [0.2, 0.25) is 0 Å². The predicted molar refractivity (Wildman–Crippen MR) is 80.9 cm³/mol. The smallest absolute Gasteiger partial charge is 0.251 e. The Morgan fingerprint density at radius 1 is 1.12 bits per heavy atom. The molecule has 1 aromatic carbocycles. The maximum atomic E-state index is 11.7. The summed E-state index contributed by atoms with van der Waals surface area (Å²) >= 11 is 2.40. The molecule has 1 rings (SSSR count). The van der Waals surface area contributed by atoms with Gasteiger partial charge in [-0.1, -0.05) is 53.1 Å². The van der Waals surface area contributed by atoms with Crippen molar-refractivity contribution >= 4 is 28.5 Å². The van der Waals surface area contributed by atoms with Gasteiger partial charge < -0.3 is 5.32 Å². The number of benzene rings is 1. The highest BCUT2D eigenvalue weighted by Gasteiger charge is 2.03. The van der Waals surface area contributed by atoms with Crippen LogP contribution in [0.5, 0.6) is 0 Å². The summed E-state index contributed by atoms with van der Waals surface area (Å²) in [4.78, 5) is 11.7. The summed E-state index contributed by atoms with van der Waals surface area (Å²) in [5, 5.41) is 2.95. The first-order chi connectivity index (χ1) is 8.24. The lowest BCUT2D eigenvalue weighted by Gasteiger charge is -2.05. The first-order valence-electron chi connectivity index (χ1n) is 6.15. The van der Waals surface area contributed by atoms with Crippen molar-refractivity contribution in [2.45, 2.75) is 32.6 Å². The third kappa shape index (κ3) is 6.05. The SMILES string of the molecule is Cc1ccc(C(=O)NCCCCCCI)cc1. The number of amides is 1. The number of alkyl halides is 1. The van der Waals surface area contributed by atoms with Crippen LogP contribution in [0.3, 0.4) is 0 Å². The van der Waals surface area contributed by atoms with Gasteiger partial charge in [0, 0.05) is 12.1 Å². The Morgan fingerprint density at radius 3 is 2.41 bits per heavy atom. The summed E-state index contributed by atoms with van der Waals surface area (Å²) in [7, 11) is 0. The van der Waals surface area contributed by atoms with E-state index in [2.05, 4.69) is 27.9 Å². The minimum Gasteiger partial charge on any atom is -0.352 e. The van der Waals surface area contributed by atoms with Gasteiger partial charge in [0.1, 0.15) is 0 Å². The van der Waals surface area contributed by atoms with E-state index in [4.69, 9.17) is 0 Å². The summed E-state index contributed by atoms with van der Waals surface area (Å²) < 4.78 is 1.23. The van der Waals surface area contributed by atoms with Gasteiger partial charge in [0.15, 0.2) is 0 Å². The lowest BCUT2D eigenvalue weighted by atomic mass is 10.1. The standard InChI is InChI=1S/C14H20INO/c1-12-6-8-13(9-7-12)14(17)16-11-5-3-2-4-10-15/h6-9H,2-5,10-11H2,1H3,(H,16,17). The van der Waals surface area contributed by atoms with Crippen LogP contribution in [0.1, 0.15) is 41.6 Å². The normalized spacial score (nSPS) is 10.2. The predicted octanol–water partition coefficient (Wildman–Crippen LogP) is 3.72. The molecular formula is C14H20INO. The van der Waals surface area contributed by atoms with Crippen molar-refractivity contribution in [3.05, 3.63) is 35.4 Å². The highest BCUT2D eigenvalue weighted by atomic mass is 127. The number of hydrogen-bond donors (Lipinski definition) is 1. The zero-order valence-electron chi connectivity index (χ0n) is 10.3. The number of rotatable bonds is 7. The fourth-order valence-corrected chi connectivity index (χ4v) is 2.12. The van der Waals surface area contributed by atoms with Gasteiger partial charge in [-0.15, -0.1) is 0 Å². The molecule has 0 spiro atoms. The van der Waals surface area contributed by atoms with Crippen LogP contribution in [0.15, 0.2) is 24.3 Å². The average molecular weight is 345 g/mol. The van der Waals surface area contributed by atoms with Crippen LogP contribution < -0.4 is 5.32 Å². The van der Waals surface area contributed by atoms with Crippen LogP contribution in [0.2, 0.25) is 0 Å². The van der Waals surface area contributed by atoms with E-state index in [-0.39, 0.29) is 5.91 Å². The minimum absolute atomic E-state index is 0.0406. The Labute approximate surface area is 117 Å². The Balaban J connectivity index is 2.19. The number of halogens is 1. The van der Waals surface area contributed by atoms with Crippen molar-refractivity contribution < 1.29 is 4.79 Å². The minimum atomic E-state index is 0.0406. The van der Waals surface area contributed by atoms with E-state index >= 15 is 0 Å². The van der Waals surface area contributed by atoms with E-state index in [1.54, 1.807) is 0 Å². The molecule has 1 amide bonds. The molecule has 0 radical (unpaired) electrons. The Hall–Kier alpha value is -0.580. The van der Waals surface area contributed by atoms with Gasteiger partial charge >= 0.3 is 0 Å². The fraction of sp³-hybridized carbons (Fsp3) is 0.500. The molecule has 0 unspecified atom stereocenters. The van der Waals surface area contributed by atoms with E-state index in [0.29, 0.717) is 0 Å². The molecule has 0 heterocycles. The Kier molecular flexibility index (Phi) is 7.24. The lowest BCUT2D eigenvalue weighted by molar-refractivity contribution is 0.0953. The van der Waals surface area contributed by atoms with E-state index in [0.717, 1.165) is 18.5 Å². The van der Waals surface area contributed by atoms with E-state index < -0.39 is 0 Å². The topological polar surface area (TPSA) is 29.1 Å². The van der Waals surface area contributed by atoms with Crippen LogP contribution in [-0.4, -0.2) is 16.9 Å². The highest BCUT2D eigenvalue weighted by Crippen LogP contribution is 2.04. The van der Waals surface area contributed by atoms with Crippen molar-refractivity contribution in [3.63, 3.8) is 0 Å². The third-order valence-corrected chi connectivity index (χ3v) is 3.42. The molecule has 17 heavy (non-hydrogen) atoms. The number of carbonyl (C=O) groups excluding carboxylic acids is 1. The van der Waals surface area contributed by atoms with E-state index in [1.807, 2.05) is 31.2 Å². The van der Waals surface area contributed by atoms with Crippen LogP contribution in [0.4, 0.5) is 0 Å². The summed E-state index contributed by atoms with van der Waals surface area (Å²) in [6, 6.07) is 7.69. The Bertz CT molecular complexity index is 335. The van der Waals surface area contributed by atoms with Crippen molar-refractivity contribution in [2.24, 2.45) is 0 Å². The number of unbranched alkanes of at least 4 members (excludes halogenated alkanes) is 3. The van der Waals surface area contributed by atoms with Gasteiger partial charge in [-0.25, -0.2) is 0 Å². The van der Waals surface area contributed by atoms with Crippen LogP contribution in [-0.2, 0) is 0 Å². The molecule has 0 aliphatic heterocycles. The van der Waals surface area contributed by atoms with Crippen LogP contribution in [0.25, 0.3) is 0 Å². The van der Waals surface area contributed by atoms with Crippen molar-refractivity contribution in [2.75, 3.05) is 11.0 Å². The molecule has 0 aromatic heterocycles. The molecular weight excluding hydrogens is 325 g/mol. The summed E-state index contributed by atoms with van der Waals surface area (Å²) in [5.41, 5.74) is 1.93. The van der Waals surface area contributed by atoms with Crippen LogP contribution >= 0.6 is 22.6 Å². The molecule has 0 atom stereocenters. The molecule has 2 nitrogen and oxygen atoms in total. The molecule has 1 aromatic rings. The first-order valence-corrected chi connectivity index (χ1v) is 7.67. The van der Waals surface area contributed by atoms with Crippen molar-refractivity contribution in [3.8, 4) is 0 Å². The van der Waals surface area contributed by atoms with Crippen molar-refractivity contribution in [1.82, 2.24) is 5.32 Å². The molecule has 0 aliphatic rings. The molecule has 0 saturated carbocycles. The second-order valence-corrected chi connectivity index (χ2v) is 5.30. The zero-order valence-corrected chi connectivity index (χ0v) is 12.5. The fourth-order valence-electron chi connectivity index (χ4n) is 1.58. The summed E-state index contributed by atoms with van der Waals surface area (Å²) in [6.07, 6.45) is 4.83. The third-order valence-electron chi connectivity index (χ3n) is 2.66. The quantitative estimate of drug-likeness (QED) is 0.456. The first kappa shape index (κ1) is 14.5. The summed E-state index contributed by atoms with van der Waals surface area (Å²) in [5.74, 6) is 0.0406. The number of aryl methyl sites for hydroxylation is 1. The molecule has 94 valence electrons. The molecule has 0 bridgehead atoms. The maximum Gasteiger partial charge on any atom is 0.251 e. The number of nitrogens with one attached hydrogen (secondary N) is 1. The second-order valence-electron chi connectivity index (χ2n) is 4.23. The largest absolute Gasteiger partial charge is 0.352 e. The average Bonchev–Trinajstić information content (AvgIpc) is 2.34. The molecule has 1 N–H and O–H groups in total. The monoisotopic (exact) mass is 345 g/mol. The maximum absolute atomic E-state index is 11.7. The highest BCUT2D eigenvalue weighted by molar-refractivity contribution is 14.1. The van der Waals surface area contributed by atoms with E-state index in [1.165, 1.54) is 29.3 Å². The zero-order chi connectivity index (χ0) is 12.5. The van der Waals surface area contributed by atoms with Crippen LogP contribution in [0, 0.1) is 6.92 Å². The van der Waals surface area contributed by atoms with Crippen molar-refractivity contribution in [1.29, 1.82) is 0 Å². The van der Waals surface area contributed by atoms with Gasteiger partial charge in [-0.05, 0) is 36.3 Å². The van der Waals surface area contributed by atoms with Gasteiger partial charge in [0.25, 0.3) is 5.91 Å². The number of carbonyl (C=O) groups is 1. The summed E-state index contributed by atoms with van der Waals surface area (Å²) in [6.45, 7) is 2.81.